The Labute approximate surface area is 103 Å². The zero-order valence-electron chi connectivity index (χ0n) is 9.79. The monoisotopic (exact) mass is 261 g/mol. The molecule has 0 aliphatic heterocycles. The van der Waals surface area contributed by atoms with Gasteiger partial charge in [0.1, 0.15) is 0 Å². The van der Waals surface area contributed by atoms with Gasteiger partial charge in [0.15, 0.2) is 0 Å². The number of carbonyl (C=O) groups is 1. The fourth-order valence-electron chi connectivity index (χ4n) is 1.33. The Hall–Kier alpha value is -1.56. The summed E-state index contributed by atoms with van der Waals surface area (Å²) in [4.78, 5) is 11.5. The van der Waals surface area contributed by atoms with Crippen LogP contribution in [0.4, 0.5) is 13.2 Å². The Morgan fingerprint density at radius 3 is 2.67 bits per heavy atom. The van der Waals surface area contributed by atoms with Crippen LogP contribution in [0.2, 0.25) is 0 Å². The largest absolute Gasteiger partial charge is 0.416 e. The number of alkyl halides is 3. The fourth-order valence-corrected chi connectivity index (χ4v) is 1.33. The molecule has 1 atom stereocenters. The maximum absolute atomic E-state index is 12.4. The molecule has 0 saturated carbocycles. The number of hydrogen-bond acceptors (Lipinski definition) is 2. The van der Waals surface area contributed by atoms with Gasteiger partial charge in [-0.25, -0.2) is 0 Å². The van der Waals surface area contributed by atoms with Crippen LogP contribution in [0.1, 0.15) is 29.3 Å². The molecule has 1 amide bonds. The van der Waals surface area contributed by atoms with Crippen molar-refractivity contribution < 1.29 is 23.1 Å². The third-order valence-electron chi connectivity index (χ3n) is 2.30. The number of aliphatic hydroxyl groups excluding tert-OH is 1. The first-order valence-corrected chi connectivity index (χ1v) is 5.44. The van der Waals surface area contributed by atoms with E-state index in [9.17, 15) is 18.0 Å². The summed E-state index contributed by atoms with van der Waals surface area (Å²) in [6.45, 7) is 1.78. The van der Waals surface area contributed by atoms with Crippen molar-refractivity contribution in [2.24, 2.45) is 0 Å². The Bertz CT molecular complexity index is 416. The third-order valence-corrected chi connectivity index (χ3v) is 2.30. The lowest BCUT2D eigenvalue weighted by atomic mass is 10.1. The summed E-state index contributed by atoms with van der Waals surface area (Å²) in [7, 11) is 0. The van der Waals surface area contributed by atoms with Gasteiger partial charge >= 0.3 is 6.18 Å². The molecule has 0 saturated heterocycles. The molecular formula is C12H14F3NO2. The molecule has 18 heavy (non-hydrogen) atoms. The van der Waals surface area contributed by atoms with E-state index in [0.29, 0.717) is 6.42 Å². The van der Waals surface area contributed by atoms with Crippen LogP contribution in [-0.2, 0) is 6.18 Å². The van der Waals surface area contributed by atoms with E-state index < -0.39 is 23.8 Å². The Morgan fingerprint density at radius 1 is 1.44 bits per heavy atom. The molecule has 1 unspecified atom stereocenters. The lowest BCUT2D eigenvalue weighted by Crippen LogP contribution is -2.26. The second-order valence-electron chi connectivity index (χ2n) is 3.97. The molecule has 1 rings (SSSR count). The second-order valence-corrected chi connectivity index (χ2v) is 3.97. The molecule has 0 bridgehead atoms. The molecule has 100 valence electrons. The van der Waals surface area contributed by atoms with Gasteiger partial charge in [0.2, 0.25) is 0 Å². The number of rotatable bonds is 4. The van der Waals surface area contributed by atoms with Crippen molar-refractivity contribution in [3.05, 3.63) is 35.4 Å². The van der Waals surface area contributed by atoms with Crippen molar-refractivity contribution in [1.29, 1.82) is 0 Å². The minimum atomic E-state index is -4.46. The average Bonchev–Trinajstić information content (AvgIpc) is 2.27. The quantitative estimate of drug-likeness (QED) is 0.873. The minimum absolute atomic E-state index is 0.0459. The van der Waals surface area contributed by atoms with E-state index in [1.54, 1.807) is 6.92 Å². The van der Waals surface area contributed by atoms with Crippen LogP contribution >= 0.6 is 0 Å². The van der Waals surface area contributed by atoms with Crippen LogP contribution < -0.4 is 5.32 Å². The first-order chi connectivity index (χ1) is 8.30. The molecular weight excluding hydrogens is 247 g/mol. The minimum Gasteiger partial charge on any atom is -0.393 e. The SMILES string of the molecule is CC(O)CCNC(=O)c1cccc(C(F)(F)F)c1. The standard InChI is InChI=1S/C12H14F3NO2/c1-8(17)5-6-16-11(18)9-3-2-4-10(7-9)12(13,14)15/h2-4,7-8,17H,5-6H2,1H3,(H,16,18). The second kappa shape index (κ2) is 5.86. The lowest BCUT2D eigenvalue weighted by molar-refractivity contribution is -0.137. The number of carbonyl (C=O) groups excluding carboxylic acids is 1. The molecule has 1 aromatic carbocycles. The molecule has 0 fully saturated rings. The first-order valence-electron chi connectivity index (χ1n) is 5.44. The van der Waals surface area contributed by atoms with Gasteiger partial charge in [0.05, 0.1) is 11.7 Å². The summed E-state index contributed by atoms with van der Waals surface area (Å²) in [5, 5.41) is 11.4. The predicted molar refractivity (Wildman–Crippen MR) is 60.1 cm³/mol. The van der Waals surface area contributed by atoms with Gasteiger partial charge in [0.25, 0.3) is 5.91 Å². The number of nitrogens with one attached hydrogen (secondary N) is 1. The van der Waals surface area contributed by atoms with Gasteiger partial charge in [-0.1, -0.05) is 6.07 Å². The van der Waals surface area contributed by atoms with Crippen molar-refractivity contribution >= 4 is 5.91 Å². The van der Waals surface area contributed by atoms with Crippen molar-refractivity contribution in [2.75, 3.05) is 6.54 Å². The molecule has 2 N–H and O–H groups in total. The highest BCUT2D eigenvalue weighted by molar-refractivity contribution is 5.94. The lowest BCUT2D eigenvalue weighted by Gasteiger charge is -2.09. The van der Waals surface area contributed by atoms with Crippen molar-refractivity contribution in [3.8, 4) is 0 Å². The van der Waals surface area contributed by atoms with E-state index in [0.717, 1.165) is 12.1 Å². The van der Waals surface area contributed by atoms with Crippen molar-refractivity contribution in [1.82, 2.24) is 5.32 Å². The van der Waals surface area contributed by atoms with Crippen LogP contribution in [-0.4, -0.2) is 23.7 Å². The van der Waals surface area contributed by atoms with Crippen molar-refractivity contribution in [3.63, 3.8) is 0 Å². The third kappa shape index (κ3) is 4.37. The van der Waals surface area contributed by atoms with Crippen LogP contribution in [0.25, 0.3) is 0 Å². The van der Waals surface area contributed by atoms with Gasteiger partial charge in [-0.3, -0.25) is 4.79 Å². The number of aliphatic hydroxyl groups is 1. The van der Waals surface area contributed by atoms with E-state index in [2.05, 4.69) is 5.32 Å². The van der Waals surface area contributed by atoms with Gasteiger partial charge in [-0.2, -0.15) is 13.2 Å². The van der Waals surface area contributed by atoms with E-state index in [1.165, 1.54) is 12.1 Å². The molecule has 3 nitrogen and oxygen atoms in total. The maximum Gasteiger partial charge on any atom is 0.416 e. The van der Waals surface area contributed by atoms with Gasteiger partial charge in [0, 0.05) is 12.1 Å². The number of halogens is 3. The zero-order chi connectivity index (χ0) is 13.8. The summed E-state index contributed by atoms with van der Waals surface area (Å²) in [5.74, 6) is -0.582. The van der Waals surface area contributed by atoms with Crippen molar-refractivity contribution in [2.45, 2.75) is 25.6 Å². The first kappa shape index (κ1) is 14.5. The Morgan fingerprint density at radius 2 is 2.11 bits per heavy atom. The molecule has 6 heteroatoms. The number of hydrogen-bond donors (Lipinski definition) is 2. The Kier molecular flexibility index (Phi) is 4.72. The topological polar surface area (TPSA) is 49.3 Å². The summed E-state index contributed by atoms with van der Waals surface area (Å²) >= 11 is 0. The molecule has 0 radical (unpaired) electrons. The highest BCUT2D eigenvalue weighted by Crippen LogP contribution is 2.29. The van der Waals surface area contributed by atoms with E-state index in [4.69, 9.17) is 5.11 Å². The van der Waals surface area contributed by atoms with E-state index in [-0.39, 0.29) is 12.1 Å². The van der Waals surface area contributed by atoms with Crippen LogP contribution in [0.5, 0.6) is 0 Å². The fraction of sp³-hybridized carbons (Fsp3) is 0.417. The van der Waals surface area contributed by atoms with Gasteiger partial charge < -0.3 is 10.4 Å². The van der Waals surface area contributed by atoms with E-state index in [1.807, 2.05) is 0 Å². The molecule has 0 aliphatic carbocycles. The highest BCUT2D eigenvalue weighted by atomic mass is 19.4. The summed E-state index contributed by atoms with van der Waals surface area (Å²) in [5.41, 5.74) is -0.902. The molecule has 1 aromatic rings. The summed E-state index contributed by atoms with van der Waals surface area (Å²) in [6.07, 6.45) is -4.67. The number of amides is 1. The average molecular weight is 261 g/mol. The summed E-state index contributed by atoms with van der Waals surface area (Å²) in [6, 6.07) is 4.21. The molecule has 0 heterocycles. The predicted octanol–water partition coefficient (Wildman–Crippen LogP) is 2.21. The maximum atomic E-state index is 12.4. The van der Waals surface area contributed by atoms with Crippen LogP contribution in [0.15, 0.2) is 24.3 Å². The smallest absolute Gasteiger partial charge is 0.393 e. The molecule has 0 spiro atoms. The molecule has 0 aliphatic rings. The molecule has 0 aromatic heterocycles. The van der Waals surface area contributed by atoms with E-state index >= 15 is 0 Å². The highest BCUT2D eigenvalue weighted by Gasteiger charge is 2.30. The summed E-state index contributed by atoms with van der Waals surface area (Å²) < 4.78 is 37.3. The Balaban J connectivity index is 2.69. The zero-order valence-corrected chi connectivity index (χ0v) is 9.79. The van der Waals surface area contributed by atoms with Gasteiger partial charge in [-0.05, 0) is 31.5 Å². The van der Waals surface area contributed by atoms with Crippen LogP contribution in [0.3, 0.4) is 0 Å². The van der Waals surface area contributed by atoms with Crippen LogP contribution in [0, 0.1) is 0 Å². The van der Waals surface area contributed by atoms with Gasteiger partial charge in [-0.15, -0.1) is 0 Å². The number of benzene rings is 1. The normalized spacial score (nSPS) is 13.2.